The van der Waals surface area contributed by atoms with E-state index < -0.39 is 0 Å². The molecule has 0 heterocycles. The summed E-state index contributed by atoms with van der Waals surface area (Å²) < 4.78 is 13.9. The third kappa shape index (κ3) is 3.33. The lowest BCUT2D eigenvalue weighted by molar-refractivity contribution is 0.545. The molecule has 0 bridgehead atoms. The van der Waals surface area contributed by atoms with Crippen molar-refractivity contribution in [1.29, 1.82) is 0 Å². The Labute approximate surface area is 105 Å². The van der Waals surface area contributed by atoms with Crippen molar-refractivity contribution in [3.8, 4) is 11.8 Å². The molecule has 0 radical (unpaired) electrons. The maximum atomic E-state index is 13.4. The molecule has 1 unspecified atom stereocenters. The van der Waals surface area contributed by atoms with E-state index in [-0.39, 0.29) is 11.9 Å². The Morgan fingerprint density at radius 1 is 1.50 bits per heavy atom. The van der Waals surface area contributed by atoms with Crippen molar-refractivity contribution < 1.29 is 4.39 Å². The summed E-state index contributed by atoms with van der Waals surface area (Å²) in [5.74, 6) is 5.66. The van der Waals surface area contributed by atoms with Gasteiger partial charge in [0.1, 0.15) is 5.82 Å². The minimum absolute atomic E-state index is 0.130. The van der Waals surface area contributed by atoms with E-state index in [0.29, 0.717) is 4.47 Å². The van der Waals surface area contributed by atoms with Crippen LogP contribution in [0, 0.1) is 17.7 Å². The minimum Gasteiger partial charge on any atom is -0.313 e. The molecule has 1 aromatic rings. The maximum absolute atomic E-state index is 13.4. The zero-order valence-corrected chi connectivity index (χ0v) is 11.1. The minimum atomic E-state index is -0.223. The Balaban J connectivity index is 2.85. The van der Waals surface area contributed by atoms with Crippen molar-refractivity contribution in [1.82, 2.24) is 5.32 Å². The Bertz CT molecular complexity index is 406. The number of hydrogen-bond acceptors (Lipinski definition) is 1. The Hall–Kier alpha value is -0.850. The van der Waals surface area contributed by atoms with Crippen LogP contribution >= 0.6 is 15.9 Å². The lowest BCUT2D eigenvalue weighted by atomic mass is 10.0. The van der Waals surface area contributed by atoms with E-state index in [2.05, 4.69) is 33.1 Å². The van der Waals surface area contributed by atoms with Crippen molar-refractivity contribution in [3.05, 3.63) is 34.1 Å². The van der Waals surface area contributed by atoms with Gasteiger partial charge in [0.05, 0.1) is 4.47 Å². The quantitative estimate of drug-likeness (QED) is 0.832. The van der Waals surface area contributed by atoms with E-state index >= 15 is 0 Å². The van der Waals surface area contributed by atoms with Crippen molar-refractivity contribution in [3.63, 3.8) is 0 Å². The van der Waals surface area contributed by atoms with Gasteiger partial charge in [-0.15, -0.1) is 11.8 Å². The second kappa shape index (κ2) is 6.67. The molecule has 0 aliphatic rings. The lowest BCUT2D eigenvalue weighted by Gasteiger charge is -2.17. The number of halogens is 2. The second-order valence-electron chi connectivity index (χ2n) is 3.45. The molecular formula is C13H15BrFN. The smallest absolute Gasteiger partial charge is 0.137 e. The van der Waals surface area contributed by atoms with Crippen LogP contribution in [0.3, 0.4) is 0 Å². The summed E-state index contributed by atoms with van der Waals surface area (Å²) >= 11 is 3.28. The fourth-order valence-electron chi connectivity index (χ4n) is 1.59. The molecule has 0 aliphatic heterocycles. The van der Waals surface area contributed by atoms with Crippen LogP contribution in [0.5, 0.6) is 0 Å². The molecule has 0 amide bonds. The van der Waals surface area contributed by atoms with Gasteiger partial charge in [0, 0.05) is 12.5 Å². The summed E-state index contributed by atoms with van der Waals surface area (Å²) in [6, 6.07) is 5.23. The summed E-state index contributed by atoms with van der Waals surface area (Å²) in [6.45, 7) is 1.83. The molecule has 1 atom stereocenters. The van der Waals surface area contributed by atoms with Crippen LogP contribution in [0.1, 0.15) is 31.4 Å². The molecule has 0 aromatic heterocycles. The van der Waals surface area contributed by atoms with Crippen molar-refractivity contribution in [2.24, 2.45) is 0 Å². The first kappa shape index (κ1) is 13.2. The third-order valence-electron chi connectivity index (χ3n) is 2.44. The largest absolute Gasteiger partial charge is 0.313 e. The highest BCUT2D eigenvalue weighted by Crippen LogP contribution is 2.28. The molecule has 3 heteroatoms. The number of hydrogen-bond donors (Lipinski definition) is 1. The standard InChI is InChI=1S/C13H15BrFN/c1-3-4-5-9-12(16-2)10-7-6-8-11(15)13(10)14/h6-8,12,16H,5,9H2,1-2H3. The van der Waals surface area contributed by atoms with Crippen LogP contribution in [0.4, 0.5) is 4.39 Å². The van der Waals surface area contributed by atoms with Gasteiger partial charge in [0.2, 0.25) is 0 Å². The fourth-order valence-corrected chi connectivity index (χ4v) is 2.13. The first-order valence-corrected chi connectivity index (χ1v) is 6.00. The normalized spacial score (nSPS) is 11.8. The van der Waals surface area contributed by atoms with Gasteiger partial charge in [0.15, 0.2) is 0 Å². The van der Waals surface area contributed by atoms with Gasteiger partial charge in [-0.1, -0.05) is 12.1 Å². The maximum Gasteiger partial charge on any atom is 0.137 e. The predicted molar refractivity (Wildman–Crippen MR) is 68.6 cm³/mol. The first-order valence-electron chi connectivity index (χ1n) is 5.21. The summed E-state index contributed by atoms with van der Waals surface area (Å²) in [5.41, 5.74) is 0.945. The first-order chi connectivity index (χ1) is 7.70. The van der Waals surface area contributed by atoms with E-state index in [9.17, 15) is 4.39 Å². The molecule has 1 rings (SSSR count). The summed E-state index contributed by atoms with van der Waals surface area (Å²) in [6.07, 6.45) is 1.68. The molecule has 86 valence electrons. The Kier molecular flexibility index (Phi) is 5.51. The van der Waals surface area contributed by atoms with E-state index in [0.717, 1.165) is 18.4 Å². The molecule has 0 aliphatic carbocycles. The number of benzene rings is 1. The average Bonchev–Trinajstić information content (AvgIpc) is 2.29. The fraction of sp³-hybridized carbons (Fsp3) is 0.385. The topological polar surface area (TPSA) is 12.0 Å². The molecular weight excluding hydrogens is 269 g/mol. The third-order valence-corrected chi connectivity index (χ3v) is 3.28. The molecule has 0 spiro atoms. The van der Waals surface area contributed by atoms with Crippen LogP contribution < -0.4 is 5.32 Å². The molecule has 1 aromatic carbocycles. The second-order valence-corrected chi connectivity index (χ2v) is 4.24. The van der Waals surface area contributed by atoms with E-state index in [1.54, 1.807) is 6.07 Å². The summed E-state index contributed by atoms with van der Waals surface area (Å²) in [4.78, 5) is 0. The van der Waals surface area contributed by atoms with E-state index in [1.165, 1.54) is 6.07 Å². The van der Waals surface area contributed by atoms with Gasteiger partial charge in [-0.05, 0) is 48.0 Å². The molecule has 0 saturated heterocycles. The molecule has 1 nitrogen and oxygen atoms in total. The lowest BCUT2D eigenvalue weighted by Crippen LogP contribution is -2.17. The van der Waals surface area contributed by atoms with Crippen LogP contribution in [0.15, 0.2) is 22.7 Å². The monoisotopic (exact) mass is 283 g/mol. The molecule has 16 heavy (non-hydrogen) atoms. The molecule has 1 N–H and O–H groups in total. The summed E-state index contributed by atoms with van der Waals surface area (Å²) in [5, 5.41) is 3.18. The van der Waals surface area contributed by atoms with Gasteiger partial charge in [-0.3, -0.25) is 0 Å². The zero-order chi connectivity index (χ0) is 12.0. The Morgan fingerprint density at radius 2 is 2.25 bits per heavy atom. The van der Waals surface area contributed by atoms with E-state index in [4.69, 9.17) is 0 Å². The van der Waals surface area contributed by atoms with Crippen LogP contribution in [0.2, 0.25) is 0 Å². The number of nitrogens with one attached hydrogen (secondary N) is 1. The van der Waals surface area contributed by atoms with Crippen LogP contribution in [-0.4, -0.2) is 7.05 Å². The SMILES string of the molecule is CC#CCCC(NC)c1cccc(F)c1Br. The zero-order valence-electron chi connectivity index (χ0n) is 9.48. The number of rotatable bonds is 4. The van der Waals surface area contributed by atoms with Gasteiger partial charge >= 0.3 is 0 Å². The summed E-state index contributed by atoms with van der Waals surface area (Å²) in [7, 11) is 1.88. The van der Waals surface area contributed by atoms with Crippen molar-refractivity contribution >= 4 is 15.9 Å². The van der Waals surface area contributed by atoms with Crippen molar-refractivity contribution in [2.75, 3.05) is 7.05 Å². The predicted octanol–water partition coefficient (Wildman–Crippen LogP) is 3.65. The Morgan fingerprint density at radius 3 is 2.88 bits per heavy atom. The highest BCUT2D eigenvalue weighted by atomic mass is 79.9. The molecule has 0 fully saturated rings. The average molecular weight is 284 g/mol. The van der Waals surface area contributed by atoms with Crippen LogP contribution in [0.25, 0.3) is 0 Å². The van der Waals surface area contributed by atoms with Gasteiger partial charge in [-0.2, -0.15) is 0 Å². The van der Waals surface area contributed by atoms with Gasteiger partial charge in [-0.25, -0.2) is 4.39 Å². The van der Waals surface area contributed by atoms with Gasteiger partial charge < -0.3 is 5.32 Å². The highest BCUT2D eigenvalue weighted by molar-refractivity contribution is 9.10. The van der Waals surface area contributed by atoms with Gasteiger partial charge in [0.25, 0.3) is 0 Å². The molecule has 0 saturated carbocycles. The van der Waals surface area contributed by atoms with Crippen molar-refractivity contribution in [2.45, 2.75) is 25.8 Å². The highest BCUT2D eigenvalue weighted by Gasteiger charge is 2.13. The van der Waals surface area contributed by atoms with Crippen LogP contribution in [-0.2, 0) is 0 Å². The van der Waals surface area contributed by atoms with E-state index in [1.807, 2.05) is 20.0 Å².